The predicted octanol–water partition coefficient (Wildman–Crippen LogP) is 1.67. The molecule has 0 atom stereocenters. The van der Waals surface area contributed by atoms with Crippen LogP contribution in [0.25, 0.3) is 0 Å². The number of hydrogen-bond donors (Lipinski definition) is 2. The first-order valence-corrected chi connectivity index (χ1v) is 10.9. The molecule has 0 radical (unpaired) electrons. The highest BCUT2D eigenvalue weighted by Crippen LogP contribution is 2.38. The maximum atomic E-state index is 12.3. The Morgan fingerprint density at radius 3 is 2.61 bits per heavy atom. The SMILES string of the molecule is CC(=C\C=C1/Oc2ccccc2N1CCS(=O)(=O)O)/C=C1/OC(=S)N(CC(=O)O)C1=O. The van der Waals surface area contributed by atoms with Crippen molar-refractivity contribution < 1.29 is 37.1 Å². The van der Waals surface area contributed by atoms with Gasteiger partial charge in [-0.25, -0.2) is 0 Å². The van der Waals surface area contributed by atoms with E-state index in [4.69, 9.17) is 31.4 Å². The summed E-state index contributed by atoms with van der Waals surface area (Å²) < 4.78 is 42.4. The van der Waals surface area contributed by atoms with Crippen LogP contribution in [0.1, 0.15) is 6.92 Å². The first kappa shape index (κ1) is 22.5. The van der Waals surface area contributed by atoms with Gasteiger partial charge in [0.2, 0.25) is 5.88 Å². The molecule has 31 heavy (non-hydrogen) atoms. The number of rotatable bonds is 7. The van der Waals surface area contributed by atoms with Gasteiger partial charge in [0.05, 0.1) is 11.4 Å². The minimum atomic E-state index is -4.17. The van der Waals surface area contributed by atoms with E-state index in [1.807, 2.05) is 0 Å². The molecule has 0 aromatic heterocycles. The average molecular weight is 466 g/mol. The number of thiocarbonyl (C=S) groups is 1. The smallest absolute Gasteiger partial charge is 0.323 e. The number of carboxylic acid groups (broad SMARTS) is 1. The second-order valence-electron chi connectivity index (χ2n) is 6.58. The van der Waals surface area contributed by atoms with Gasteiger partial charge in [0.1, 0.15) is 6.54 Å². The van der Waals surface area contributed by atoms with Gasteiger partial charge in [-0.2, -0.15) is 8.42 Å². The third kappa shape index (κ3) is 5.48. The number of aliphatic carboxylic acids is 1. The highest BCUT2D eigenvalue weighted by atomic mass is 32.2. The van der Waals surface area contributed by atoms with E-state index in [-0.39, 0.29) is 17.5 Å². The van der Waals surface area contributed by atoms with Crippen molar-refractivity contribution in [2.45, 2.75) is 6.92 Å². The van der Waals surface area contributed by atoms with Crippen LogP contribution in [-0.2, 0) is 24.4 Å². The molecule has 164 valence electrons. The Morgan fingerprint density at radius 1 is 1.23 bits per heavy atom. The van der Waals surface area contributed by atoms with E-state index in [2.05, 4.69) is 0 Å². The lowest BCUT2D eigenvalue weighted by Crippen LogP contribution is -2.33. The molecule has 0 spiro atoms. The summed E-state index contributed by atoms with van der Waals surface area (Å²) in [5, 5.41) is 8.62. The van der Waals surface area contributed by atoms with Crippen molar-refractivity contribution in [3.8, 4) is 5.75 Å². The Morgan fingerprint density at radius 2 is 1.94 bits per heavy atom. The van der Waals surface area contributed by atoms with E-state index in [9.17, 15) is 18.0 Å². The van der Waals surface area contributed by atoms with Gasteiger partial charge in [-0.05, 0) is 49.0 Å². The van der Waals surface area contributed by atoms with Crippen LogP contribution >= 0.6 is 12.2 Å². The van der Waals surface area contributed by atoms with E-state index in [1.165, 1.54) is 6.08 Å². The number of carboxylic acids is 1. The first-order chi connectivity index (χ1) is 14.5. The molecule has 0 saturated carbocycles. The Kier molecular flexibility index (Phi) is 6.43. The molecular weight excluding hydrogens is 448 g/mol. The van der Waals surface area contributed by atoms with E-state index >= 15 is 0 Å². The van der Waals surface area contributed by atoms with Crippen LogP contribution in [0.15, 0.2) is 59.7 Å². The van der Waals surface area contributed by atoms with Crippen molar-refractivity contribution >= 4 is 45.1 Å². The molecule has 2 N–H and O–H groups in total. The number of hydrogen-bond acceptors (Lipinski definition) is 8. The van der Waals surface area contributed by atoms with Gasteiger partial charge in [-0.15, -0.1) is 0 Å². The lowest BCUT2D eigenvalue weighted by atomic mass is 10.2. The zero-order valence-electron chi connectivity index (χ0n) is 16.2. The van der Waals surface area contributed by atoms with E-state index in [0.29, 0.717) is 22.9 Å². The summed E-state index contributed by atoms with van der Waals surface area (Å²) in [7, 11) is -4.17. The number of allylic oxidation sites excluding steroid dienone is 4. The van der Waals surface area contributed by atoms with Crippen LogP contribution in [0.4, 0.5) is 5.69 Å². The van der Waals surface area contributed by atoms with E-state index in [1.54, 1.807) is 48.2 Å². The van der Waals surface area contributed by atoms with Gasteiger partial charge in [-0.1, -0.05) is 18.2 Å². The number of benzene rings is 1. The molecule has 1 aromatic rings. The average Bonchev–Trinajstić information content (AvgIpc) is 3.16. The Hall–Kier alpha value is -3.22. The molecule has 12 heteroatoms. The van der Waals surface area contributed by atoms with E-state index in [0.717, 1.165) is 4.90 Å². The Balaban J connectivity index is 1.81. The zero-order chi connectivity index (χ0) is 22.8. The number of amides is 1. The summed E-state index contributed by atoms with van der Waals surface area (Å²) in [6.07, 6.45) is 4.58. The van der Waals surface area contributed by atoms with Crippen molar-refractivity contribution in [3.05, 3.63) is 59.7 Å². The van der Waals surface area contributed by atoms with Gasteiger partial charge in [-0.3, -0.25) is 19.0 Å². The maximum Gasteiger partial charge on any atom is 0.323 e. The topological polar surface area (TPSA) is 134 Å². The van der Waals surface area contributed by atoms with E-state index < -0.39 is 34.3 Å². The maximum absolute atomic E-state index is 12.3. The molecule has 0 aliphatic carbocycles. The molecule has 1 saturated heterocycles. The largest absolute Gasteiger partial charge is 0.480 e. The molecule has 0 bridgehead atoms. The van der Waals surface area contributed by atoms with Crippen LogP contribution in [-0.4, -0.2) is 58.9 Å². The fraction of sp³-hybridized carbons (Fsp3) is 0.211. The molecule has 2 aliphatic rings. The summed E-state index contributed by atoms with van der Waals surface area (Å²) in [4.78, 5) is 25.5. The number of ether oxygens (including phenoxy) is 2. The summed E-state index contributed by atoms with van der Waals surface area (Å²) in [6.45, 7) is 1.04. The first-order valence-electron chi connectivity index (χ1n) is 8.90. The lowest BCUT2D eigenvalue weighted by Gasteiger charge is -2.17. The number of carbonyl (C=O) groups excluding carboxylic acids is 1. The van der Waals surface area contributed by atoms with Crippen LogP contribution in [0.3, 0.4) is 0 Å². The van der Waals surface area contributed by atoms with Crippen LogP contribution in [0.2, 0.25) is 0 Å². The molecule has 10 nitrogen and oxygen atoms in total. The fourth-order valence-electron chi connectivity index (χ4n) is 2.84. The second kappa shape index (κ2) is 8.88. The molecule has 0 unspecified atom stereocenters. The standard InChI is InChI=1S/C19H18N2O8S2/c1-12(10-15-18(24)21(11-17(22)23)19(30)29-15)6-7-16-20(8-9-31(25,26)27)13-4-2-3-5-14(13)28-16/h2-7,10H,8-9,11H2,1H3,(H,22,23)(H,25,26,27)/b12-6+,15-10+,16-7-. The zero-order valence-corrected chi connectivity index (χ0v) is 17.9. The Bertz CT molecular complexity index is 1140. The van der Waals surface area contributed by atoms with Gasteiger partial charge >= 0.3 is 5.97 Å². The van der Waals surface area contributed by atoms with Crippen LogP contribution in [0.5, 0.6) is 5.75 Å². The highest BCUT2D eigenvalue weighted by Gasteiger charge is 2.34. The molecule has 2 heterocycles. The summed E-state index contributed by atoms with van der Waals surface area (Å²) in [5.74, 6) is -1.64. The summed E-state index contributed by atoms with van der Waals surface area (Å²) >= 11 is 4.88. The molecular formula is C19H18N2O8S2. The van der Waals surface area contributed by atoms with Crippen LogP contribution in [0, 0.1) is 0 Å². The number of nitrogens with zero attached hydrogens (tertiary/aromatic N) is 2. The second-order valence-corrected chi connectivity index (χ2v) is 8.51. The molecule has 1 amide bonds. The van der Waals surface area contributed by atoms with Crippen molar-refractivity contribution in [2.24, 2.45) is 0 Å². The third-order valence-electron chi connectivity index (χ3n) is 4.22. The van der Waals surface area contributed by atoms with Gasteiger partial charge in [0.15, 0.2) is 11.5 Å². The Labute approximate surface area is 183 Å². The molecule has 1 fully saturated rings. The highest BCUT2D eigenvalue weighted by molar-refractivity contribution is 7.85. The molecule has 3 rings (SSSR count). The number of carbonyl (C=O) groups is 2. The van der Waals surface area contributed by atoms with Crippen molar-refractivity contribution in [2.75, 3.05) is 23.7 Å². The molecule has 2 aliphatic heterocycles. The quantitative estimate of drug-likeness (QED) is 0.347. The minimum Gasteiger partial charge on any atom is -0.480 e. The monoisotopic (exact) mass is 466 g/mol. The lowest BCUT2D eigenvalue weighted by molar-refractivity contribution is -0.140. The molecule has 1 aromatic carbocycles. The fourth-order valence-corrected chi connectivity index (χ4v) is 3.49. The van der Waals surface area contributed by atoms with Crippen LogP contribution < -0.4 is 9.64 Å². The van der Waals surface area contributed by atoms with Gasteiger partial charge in [0.25, 0.3) is 21.2 Å². The van der Waals surface area contributed by atoms with Crippen molar-refractivity contribution in [3.63, 3.8) is 0 Å². The van der Waals surface area contributed by atoms with Crippen molar-refractivity contribution in [1.29, 1.82) is 0 Å². The normalized spacial score (nSPS) is 19.1. The predicted molar refractivity (Wildman–Crippen MR) is 114 cm³/mol. The van der Waals surface area contributed by atoms with Crippen molar-refractivity contribution in [1.82, 2.24) is 4.90 Å². The third-order valence-corrected chi connectivity index (χ3v) is 5.23. The number of para-hydroxylation sites is 2. The number of fused-ring (bicyclic) bond motifs is 1. The summed E-state index contributed by atoms with van der Waals surface area (Å²) in [5.41, 5.74) is 1.20. The number of anilines is 1. The minimum absolute atomic E-state index is 0.0321. The summed E-state index contributed by atoms with van der Waals surface area (Å²) in [6, 6.07) is 7.01. The van der Waals surface area contributed by atoms with Gasteiger partial charge in [0, 0.05) is 6.54 Å². The van der Waals surface area contributed by atoms with Gasteiger partial charge < -0.3 is 19.5 Å².